The lowest BCUT2D eigenvalue weighted by Crippen LogP contribution is -2.44. The number of Topliss-reactive ketones (excluding diaryl/α,β-unsaturated/α-hetero) is 2. The first-order valence-corrected chi connectivity index (χ1v) is 10.9. The Labute approximate surface area is 180 Å². The van der Waals surface area contributed by atoms with Gasteiger partial charge in [0, 0.05) is 34.5 Å². The van der Waals surface area contributed by atoms with Crippen molar-refractivity contribution in [3.8, 4) is 0 Å². The van der Waals surface area contributed by atoms with Crippen LogP contribution in [0.25, 0.3) is 5.70 Å². The molecule has 1 atom stereocenters. The highest BCUT2D eigenvalue weighted by molar-refractivity contribution is 6.14. The van der Waals surface area contributed by atoms with Crippen LogP contribution in [0.1, 0.15) is 75.7 Å². The summed E-state index contributed by atoms with van der Waals surface area (Å²) in [5.74, 6) is -0.441. The van der Waals surface area contributed by atoms with E-state index in [0.717, 1.165) is 11.1 Å². The summed E-state index contributed by atoms with van der Waals surface area (Å²) in [4.78, 5) is 39.2. The molecule has 2 saturated carbocycles. The number of nitrogens with one attached hydrogen (secondary N) is 1. The first-order valence-electron chi connectivity index (χ1n) is 10.9. The zero-order valence-corrected chi connectivity index (χ0v) is 17.6. The van der Waals surface area contributed by atoms with E-state index < -0.39 is 6.04 Å². The highest BCUT2D eigenvalue weighted by Gasteiger charge is 2.43. The number of carbonyl (C=O) groups is 3. The Morgan fingerprint density at radius 3 is 2.67 bits per heavy atom. The van der Waals surface area contributed by atoms with Gasteiger partial charge in [-0.2, -0.15) is 0 Å². The van der Waals surface area contributed by atoms with E-state index in [9.17, 15) is 14.4 Å². The lowest BCUT2D eigenvalue weighted by atomic mass is 9.91. The molecule has 2 aliphatic carbocycles. The molecule has 2 fully saturated rings. The van der Waals surface area contributed by atoms with E-state index in [1.807, 2.05) is 25.2 Å². The summed E-state index contributed by atoms with van der Waals surface area (Å²) in [5.41, 5.74) is 9.29. The molecule has 6 nitrogen and oxygen atoms in total. The van der Waals surface area contributed by atoms with Crippen LogP contribution in [0.15, 0.2) is 30.5 Å². The van der Waals surface area contributed by atoms with E-state index in [-0.39, 0.29) is 26.7 Å². The fourth-order valence-electron chi connectivity index (χ4n) is 4.99. The fraction of sp³-hybridized carbons (Fsp3) is 0.500. The van der Waals surface area contributed by atoms with Gasteiger partial charge in [0.15, 0.2) is 5.78 Å². The number of ketones is 2. The van der Waals surface area contributed by atoms with Crippen LogP contribution < -0.4 is 5.43 Å². The van der Waals surface area contributed by atoms with Crippen molar-refractivity contribution in [3.05, 3.63) is 47.2 Å². The molecule has 0 radical (unpaired) electrons. The van der Waals surface area contributed by atoms with E-state index in [0.29, 0.717) is 36.7 Å². The Bertz CT molecular complexity index is 936. The number of fused-ring (bicyclic) bond motifs is 1. The van der Waals surface area contributed by atoms with Gasteiger partial charge < -0.3 is 0 Å². The van der Waals surface area contributed by atoms with Crippen LogP contribution in [-0.4, -0.2) is 46.5 Å². The molecule has 1 N–H and O–H groups in total. The molecule has 1 aromatic carbocycles. The van der Waals surface area contributed by atoms with Gasteiger partial charge in [0.25, 0.3) is 5.91 Å². The molecule has 1 aliphatic heterocycles. The second-order valence-electron chi connectivity index (χ2n) is 8.60. The molecular weight excluding hydrogens is 378 g/mol. The van der Waals surface area contributed by atoms with Crippen molar-refractivity contribution in [3.63, 3.8) is 0 Å². The molecule has 6 heteroatoms. The number of hydrogen-bond acceptors (Lipinski definition) is 5. The van der Waals surface area contributed by atoms with Crippen molar-refractivity contribution in [2.24, 2.45) is 0 Å². The van der Waals surface area contributed by atoms with Crippen molar-refractivity contribution in [2.45, 2.75) is 70.0 Å². The normalized spacial score (nSPS) is 22.6. The fourth-order valence-corrected chi connectivity index (χ4v) is 4.99. The molecule has 30 heavy (non-hydrogen) atoms. The summed E-state index contributed by atoms with van der Waals surface area (Å²) in [5, 5.41) is 2.06. The standard InChI is InChI=1S/C24H29N3O3.2H2/c1-3-20-19-11-7-8-16(15-26(2)25-17-9-5-4-6-10-17)23(19)24(30)27(20)21-13-12-18(28)14-22(21)29;;/h7-8,11,17,21,25H,1,4-6,9-10,12-15H2,2H3;2*1H. The monoisotopic (exact) mass is 411 g/mol. The van der Waals surface area contributed by atoms with Crippen LogP contribution >= 0.6 is 0 Å². The van der Waals surface area contributed by atoms with Crippen molar-refractivity contribution in [1.29, 1.82) is 0 Å². The van der Waals surface area contributed by atoms with Gasteiger partial charge in [-0.1, -0.05) is 44.0 Å². The largest absolute Gasteiger partial charge is 0.299 e. The molecule has 1 heterocycles. The van der Waals surface area contributed by atoms with Crippen molar-refractivity contribution in [2.75, 3.05) is 7.05 Å². The highest BCUT2D eigenvalue weighted by Crippen LogP contribution is 2.38. The van der Waals surface area contributed by atoms with E-state index >= 15 is 0 Å². The zero-order chi connectivity index (χ0) is 21.3. The quantitative estimate of drug-likeness (QED) is 0.454. The molecular formula is C24H33N3O3. The molecule has 162 valence electrons. The van der Waals surface area contributed by atoms with Gasteiger partial charge in [0.1, 0.15) is 5.78 Å². The summed E-state index contributed by atoms with van der Waals surface area (Å²) in [6.45, 7) is 4.36. The number of nitrogens with zero attached hydrogens (tertiary/aromatic N) is 2. The average molecular weight is 412 g/mol. The van der Waals surface area contributed by atoms with Gasteiger partial charge >= 0.3 is 0 Å². The van der Waals surface area contributed by atoms with Gasteiger partial charge in [-0.05, 0) is 24.8 Å². The third kappa shape index (κ3) is 3.91. The van der Waals surface area contributed by atoms with Crippen LogP contribution in [0.3, 0.4) is 0 Å². The molecule has 0 saturated heterocycles. The predicted molar refractivity (Wildman–Crippen MR) is 119 cm³/mol. The Balaban J connectivity index is 0.00000181. The number of hydrazine groups is 1. The smallest absolute Gasteiger partial charge is 0.260 e. The van der Waals surface area contributed by atoms with Gasteiger partial charge in [-0.15, -0.1) is 5.73 Å². The molecule has 1 unspecified atom stereocenters. The van der Waals surface area contributed by atoms with Crippen LogP contribution in [-0.2, 0) is 16.1 Å². The molecule has 1 amide bonds. The lowest BCUT2D eigenvalue weighted by Gasteiger charge is -2.30. The Hall–Kier alpha value is -2.53. The van der Waals surface area contributed by atoms with Crippen molar-refractivity contribution < 1.29 is 17.2 Å². The van der Waals surface area contributed by atoms with Gasteiger partial charge in [0.2, 0.25) is 0 Å². The topological polar surface area (TPSA) is 69.7 Å². The SMILES string of the molecule is C=C=C1c2cccc(CN(C)NC3CCCCC3)c2C(=O)N1C1CCC(=O)CC1=O.[HH].[HH]. The molecule has 0 spiro atoms. The van der Waals surface area contributed by atoms with E-state index in [2.05, 4.69) is 22.7 Å². The first kappa shape index (κ1) is 20.7. The lowest BCUT2D eigenvalue weighted by molar-refractivity contribution is -0.132. The van der Waals surface area contributed by atoms with E-state index in [1.54, 1.807) is 0 Å². The molecule has 4 rings (SSSR count). The van der Waals surface area contributed by atoms with Gasteiger partial charge in [0.05, 0.1) is 23.7 Å². The highest BCUT2D eigenvalue weighted by atomic mass is 16.2. The summed E-state index contributed by atoms with van der Waals surface area (Å²) in [6, 6.07) is 5.65. The Morgan fingerprint density at radius 2 is 1.97 bits per heavy atom. The second kappa shape index (κ2) is 8.68. The first-order chi connectivity index (χ1) is 14.5. The second-order valence-corrected chi connectivity index (χ2v) is 8.60. The number of benzene rings is 1. The van der Waals surface area contributed by atoms with E-state index in [4.69, 9.17) is 0 Å². The minimum Gasteiger partial charge on any atom is -0.299 e. The summed E-state index contributed by atoms with van der Waals surface area (Å²) < 4.78 is 0. The molecule has 0 aromatic heterocycles. The number of hydrogen-bond donors (Lipinski definition) is 1. The van der Waals surface area contributed by atoms with Gasteiger partial charge in [-0.25, -0.2) is 5.01 Å². The number of amides is 1. The summed E-state index contributed by atoms with van der Waals surface area (Å²) in [7, 11) is 2.01. The van der Waals surface area contributed by atoms with Crippen LogP contribution in [0, 0.1) is 0 Å². The van der Waals surface area contributed by atoms with E-state index in [1.165, 1.54) is 37.0 Å². The maximum Gasteiger partial charge on any atom is 0.260 e. The number of carbonyl (C=O) groups excluding carboxylic acids is 3. The Kier molecular flexibility index (Phi) is 6.00. The zero-order valence-electron chi connectivity index (χ0n) is 17.6. The van der Waals surface area contributed by atoms with Crippen molar-refractivity contribution >= 4 is 23.2 Å². The number of rotatable bonds is 5. The maximum atomic E-state index is 13.4. The van der Waals surface area contributed by atoms with Crippen LogP contribution in [0.2, 0.25) is 0 Å². The third-order valence-electron chi connectivity index (χ3n) is 6.41. The van der Waals surface area contributed by atoms with Crippen LogP contribution in [0.4, 0.5) is 0 Å². The predicted octanol–water partition coefficient (Wildman–Crippen LogP) is 3.72. The van der Waals surface area contributed by atoms with Gasteiger partial charge in [-0.3, -0.25) is 24.7 Å². The summed E-state index contributed by atoms with van der Waals surface area (Å²) >= 11 is 0. The van der Waals surface area contributed by atoms with Crippen molar-refractivity contribution in [1.82, 2.24) is 15.3 Å². The third-order valence-corrected chi connectivity index (χ3v) is 6.41. The average Bonchev–Trinajstić information content (AvgIpc) is 3.01. The minimum atomic E-state index is -0.613. The van der Waals surface area contributed by atoms with Crippen LogP contribution in [0.5, 0.6) is 0 Å². The summed E-state index contributed by atoms with van der Waals surface area (Å²) in [6.07, 6.45) is 6.75. The maximum absolute atomic E-state index is 13.4. The molecule has 1 aromatic rings. The minimum absolute atomic E-state index is 0. The molecule has 3 aliphatic rings. The Morgan fingerprint density at radius 1 is 1.20 bits per heavy atom. The molecule has 0 bridgehead atoms.